The minimum Gasteiger partial charge on any atom is -0.348 e. The lowest BCUT2D eigenvalue weighted by molar-refractivity contribution is 0.712. The van der Waals surface area contributed by atoms with Gasteiger partial charge in [0.1, 0.15) is 0 Å². The van der Waals surface area contributed by atoms with Gasteiger partial charge in [-0.05, 0) is 25.2 Å². The highest BCUT2D eigenvalue weighted by Gasteiger charge is 2.16. The molecular weight excluding hydrogens is 192 g/mol. The maximum absolute atomic E-state index is 4.71. The van der Waals surface area contributed by atoms with E-state index in [1.54, 1.807) is 11.3 Å². The third-order valence-corrected chi connectivity index (χ3v) is 3.92. The van der Waals surface area contributed by atoms with E-state index in [-0.39, 0.29) is 0 Å². The lowest BCUT2D eigenvalue weighted by Gasteiger charge is -2.12. The van der Waals surface area contributed by atoms with E-state index in [9.17, 15) is 0 Å². The van der Waals surface area contributed by atoms with Crippen molar-refractivity contribution in [2.24, 2.45) is 0 Å². The van der Waals surface area contributed by atoms with Crippen LogP contribution in [0.3, 0.4) is 0 Å². The van der Waals surface area contributed by atoms with E-state index in [1.165, 1.54) is 43.2 Å². The van der Waals surface area contributed by atoms with E-state index in [1.807, 2.05) is 0 Å². The van der Waals surface area contributed by atoms with Gasteiger partial charge in [0.25, 0.3) is 0 Å². The van der Waals surface area contributed by atoms with Gasteiger partial charge in [0.05, 0.1) is 5.69 Å². The molecule has 0 saturated carbocycles. The average molecular weight is 210 g/mol. The van der Waals surface area contributed by atoms with Crippen LogP contribution in [0.2, 0.25) is 0 Å². The second kappa shape index (κ2) is 4.30. The molecule has 14 heavy (non-hydrogen) atoms. The molecule has 2 heterocycles. The van der Waals surface area contributed by atoms with Gasteiger partial charge in [-0.1, -0.05) is 13.8 Å². The van der Waals surface area contributed by atoms with E-state index >= 15 is 0 Å². The lowest BCUT2D eigenvalue weighted by atomic mass is 10.1. The molecule has 3 heteroatoms. The van der Waals surface area contributed by atoms with Gasteiger partial charge in [0.2, 0.25) is 0 Å². The third kappa shape index (κ3) is 1.92. The predicted molar refractivity (Wildman–Crippen MR) is 62.3 cm³/mol. The lowest BCUT2D eigenvalue weighted by Crippen LogP contribution is -2.17. The van der Waals surface area contributed by atoms with Crippen LogP contribution in [0.1, 0.15) is 44.7 Å². The Kier molecular flexibility index (Phi) is 3.06. The normalized spacial score (nSPS) is 18.9. The maximum Gasteiger partial charge on any atom is 0.185 e. The monoisotopic (exact) mass is 210 g/mol. The fourth-order valence-corrected chi connectivity index (χ4v) is 2.77. The third-order valence-electron chi connectivity index (χ3n) is 3.00. The van der Waals surface area contributed by atoms with Crippen LogP contribution in [0.15, 0.2) is 5.38 Å². The summed E-state index contributed by atoms with van der Waals surface area (Å²) in [6, 6.07) is 0. The summed E-state index contributed by atoms with van der Waals surface area (Å²) < 4.78 is 0. The summed E-state index contributed by atoms with van der Waals surface area (Å²) in [6.07, 6.45) is 3.85. The molecule has 1 unspecified atom stereocenters. The summed E-state index contributed by atoms with van der Waals surface area (Å²) in [6.45, 7) is 6.88. The first-order chi connectivity index (χ1) is 6.81. The molecule has 2 rings (SSSR count). The molecule has 0 radical (unpaired) electrons. The molecule has 0 spiro atoms. The van der Waals surface area contributed by atoms with Crippen LogP contribution in [0.25, 0.3) is 0 Å². The van der Waals surface area contributed by atoms with Crippen LogP contribution in [-0.2, 0) is 0 Å². The summed E-state index contributed by atoms with van der Waals surface area (Å²) in [7, 11) is 0. The van der Waals surface area contributed by atoms with Crippen molar-refractivity contribution < 1.29 is 0 Å². The quantitative estimate of drug-likeness (QED) is 0.761. The summed E-state index contributed by atoms with van der Waals surface area (Å²) in [5.74, 6) is 0.614. The van der Waals surface area contributed by atoms with Gasteiger partial charge in [0.15, 0.2) is 5.13 Å². The van der Waals surface area contributed by atoms with Gasteiger partial charge >= 0.3 is 0 Å². The van der Waals surface area contributed by atoms with Crippen molar-refractivity contribution in [2.45, 2.75) is 39.0 Å². The maximum atomic E-state index is 4.71. The van der Waals surface area contributed by atoms with Crippen molar-refractivity contribution in [3.8, 4) is 0 Å². The van der Waals surface area contributed by atoms with E-state index < -0.39 is 0 Å². The van der Waals surface area contributed by atoms with Crippen molar-refractivity contribution >= 4 is 16.5 Å². The highest BCUT2D eigenvalue weighted by atomic mass is 32.1. The van der Waals surface area contributed by atoms with Crippen molar-refractivity contribution in [2.75, 3.05) is 18.0 Å². The predicted octanol–water partition coefficient (Wildman–Crippen LogP) is 3.26. The fraction of sp³-hybridized carbons (Fsp3) is 0.727. The van der Waals surface area contributed by atoms with Gasteiger partial charge < -0.3 is 4.90 Å². The molecule has 0 bridgehead atoms. The molecule has 0 aliphatic carbocycles. The minimum atomic E-state index is 0.614. The summed E-state index contributed by atoms with van der Waals surface area (Å²) in [4.78, 5) is 7.12. The molecule has 1 aromatic heterocycles. The summed E-state index contributed by atoms with van der Waals surface area (Å²) in [5.41, 5.74) is 1.28. The second-order valence-corrected chi connectivity index (χ2v) is 4.89. The van der Waals surface area contributed by atoms with Crippen molar-refractivity contribution in [3.63, 3.8) is 0 Å². The molecule has 78 valence electrons. The van der Waals surface area contributed by atoms with Crippen LogP contribution in [-0.4, -0.2) is 18.1 Å². The van der Waals surface area contributed by atoms with E-state index in [0.29, 0.717) is 5.92 Å². The van der Waals surface area contributed by atoms with Crippen molar-refractivity contribution in [1.29, 1.82) is 0 Å². The Morgan fingerprint density at radius 1 is 1.50 bits per heavy atom. The summed E-state index contributed by atoms with van der Waals surface area (Å²) >= 11 is 1.81. The van der Waals surface area contributed by atoms with Crippen molar-refractivity contribution in [1.82, 2.24) is 4.98 Å². The zero-order valence-electron chi connectivity index (χ0n) is 8.99. The van der Waals surface area contributed by atoms with E-state index in [2.05, 4.69) is 24.1 Å². The van der Waals surface area contributed by atoms with Crippen LogP contribution >= 0.6 is 11.3 Å². The Morgan fingerprint density at radius 3 is 2.86 bits per heavy atom. The molecule has 1 aromatic rings. The number of rotatable bonds is 3. The zero-order chi connectivity index (χ0) is 9.97. The molecule has 0 N–H and O–H groups in total. The topological polar surface area (TPSA) is 16.1 Å². The molecule has 1 atom stereocenters. The molecule has 1 aliphatic rings. The van der Waals surface area contributed by atoms with Gasteiger partial charge in [-0.25, -0.2) is 4.98 Å². The molecule has 0 aromatic carbocycles. The molecule has 0 amide bonds. The fourth-order valence-electron chi connectivity index (χ4n) is 1.77. The first-order valence-corrected chi connectivity index (χ1v) is 6.39. The highest BCUT2D eigenvalue weighted by Crippen LogP contribution is 2.28. The first kappa shape index (κ1) is 9.97. The number of thiazole rings is 1. The number of hydrogen-bond donors (Lipinski definition) is 0. The van der Waals surface area contributed by atoms with Gasteiger partial charge in [-0.3, -0.25) is 0 Å². The van der Waals surface area contributed by atoms with Gasteiger partial charge in [-0.15, -0.1) is 11.3 Å². The van der Waals surface area contributed by atoms with Crippen LogP contribution in [0, 0.1) is 0 Å². The Labute approximate surface area is 90.0 Å². The first-order valence-electron chi connectivity index (χ1n) is 5.51. The Balaban J connectivity index is 2.08. The Morgan fingerprint density at radius 2 is 2.21 bits per heavy atom. The van der Waals surface area contributed by atoms with Crippen LogP contribution in [0.4, 0.5) is 5.13 Å². The van der Waals surface area contributed by atoms with E-state index in [0.717, 1.165) is 0 Å². The molecule has 1 saturated heterocycles. The van der Waals surface area contributed by atoms with Crippen molar-refractivity contribution in [3.05, 3.63) is 11.1 Å². The van der Waals surface area contributed by atoms with Crippen LogP contribution < -0.4 is 4.90 Å². The van der Waals surface area contributed by atoms with Crippen LogP contribution in [0.5, 0.6) is 0 Å². The zero-order valence-corrected chi connectivity index (χ0v) is 9.81. The average Bonchev–Trinajstić information content (AvgIpc) is 2.86. The molecular formula is C11H18N2S. The number of hydrogen-bond acceptors (Lipinski definition) is 3. The Hall–Kier alpha value is -0.570. The standard InChI is InChI=1S/C11H18N2S/c1-3-9(2)10-8-14-11(12-10)13-6-4-5-7-13/h8-9H,3-7H2,1-2H3. The van der Waals surface area contributed by atoms with Gasteiger partial charge in [0, 0.05) is 18.5 Å². The van der Waals surface area contributed by atoms with E-state index in [4.69, 9.17) is 4.98 Å². The largest absolute Gasteiger partial charge is 0.348 e. The second-order valence-electron chi connectivity index (χ2n) is 4.06. The highest BCUT2D eigenvalue weighted by molar-refractivity contribution is 7.13. The molecule has 2 nitrogen and oxygen atoms in total. The number of anilines is 1. The smallest absolute Gasteiger partial charge is 0.185 e. The SMILES string of the molecule is CCC(C)c1csc(N2CCCC2)n1. The summed E-state index contributed by atoms with van der Waals surface area (Å²) in [5, 5.41) is 3.46. The number of aromatic nitrogens is 1. The number of nitrogens with zero attached hydrogens (tertiary/aromatic N) is 2. The van der Waals surface area contributed by atoms with Gasteiger partial charge in [-0.2, -0.15) is 0 Å². The molecule has 1 aliphatic heterocycles. The Bertz CT molecular complexity index is 289. The minimum absolute atomic E-state index is 0.614. The molecule has 1 fully saturated rings.